The van der Waals surface area contributed by atoms with Crippen molar-refractivity contribution in [3.8, 4) is 0 Å². The Bertz CT molecular complexity index is 12.0. The number of hydrogen-bond acceptors (Lipinski definition) is 0. The molecule has 4 N–H and O–H groups in total. The molecule has 0 bridgehead atoms. The van der Waals surface area contributed by atoms with E-state index in [2.05, 4.69) is 0 Å². The fraction of sp³-hybridized carbons (Fsp3) is 1.00. The summed E-state index contributed by atoms with van der Waals surface area (Å²) >= 11 is 0. The molecule has 0 aliphatic carbocycles. The highest BCUT2D eigenvalue weighted by Gasteiger charge is -0.0745. The average molecular weight is 106 g/mol. The molecule has 0 atom stereocenters. The van der Waals surface area contributed by atoms with Crippen LogP contribution in [0.25, 0.3) is 0 Å². The van der Waals surface area contributed by atoms with Gasteiger partial charge in [-0.3, -0.25) is 0 Å². The van der Waals surface area contributed by atoms with E-state index < -0.39 is 0 Å². The Labute approximate surface area is 44.8 Å². The minimum absolute atomic E-state index is 0. The molecule has 0 amide bonds. The first kappa shape index (κ1) is 169. The largest absolute Gasteiger partial charge is 0.412 e. The highest BCUT2D eigenvalue weighted by molar-refractivity contribution is 2.51. The van der Waals surface area contributed by atoms with Crippen LogP contribution in [0.1, 0.15) is 32.6 Å². The van der Waals surface area contributed by atoms with E-state index in [0.29, 0.717) is 0 Å². The quantitative estimate of drug-likeness (QED) is 0.444. The first-order valence-electron chi connectivity index (χ1n) is 0.447. The van der Waals surface area contributed by atoms with Crippen molar-refractivity contribution in [2.45, 2.75) is 29.7 Å². The van der Waals surface area contributed by atoms with Gasteiger partial charge in [0.1, 0.15) is 0 Å². The second-order valence-electron chi connectivity index (χ2n) is 0. The molecule has 0 fully saturated rings. The highest BCUT2D eigenvalue weighted by Crippen LogP contribution is 0.147. The molecule has 0 aromatic carbocycles. The zero-order valence-corrected chi connectivity index (χ0v) is 0.947. The number of rotatable bonds is 0. The topological polar surface area (TPSA) is 63.0 Å². The van der Waals surface area contributed by atoms with Gasteiger partial charge in [-0.15, -0.1) is 0 Å². The third kappa shape index (κ3) is 5220. The molecule has 0 heterocycles. The van der Waals surface area contributed by atoms with Crippen LogP contribution in [-0.4, -0.2) is 11.0 Å². The van der Waals surface area contributed by atoms with E-state index in [9.17, 15) is 0 Å². The normalized spacial score (nSPS) is 1.17. The Morgan fingerprint density at radius 1 is 0.833 bits per heavy atom. The van der Waals surface area contributed by atoms with Crippen molar-refractivity contribution >= 4 is 0 Å². The lowest BCUT2D eigenvalue weighted by Gasteiger charge is -0.413. The van der Waals surface area contributed by atoms with E-state index in [1.807, 2.05) is 0 Å². The van der Waals surface area contributed by atoms with Crippen molar-refractivity contribution in [3.05, 3.63) is 0 Å². The van der Waals surface area contributed by atoms with Gasteiger partial charge in [0.2, 0.25) is 1.43 Å². The molecule has 0 aromatic heterocycles. The Morgan fingerprint density at radius 3 is 0.833 bits per heavy atom. The predicted octanol–water partition coefficient (Wildman–Crippen LogP) is 1.14. The molecule has 0 rings (SSSR count). The molecule has 2 nitrogen and oxygen atoms in total. The van der Waals surface area contributed by atoms with Crippen LogP contribution in [0.15, 0.2) is 0 Å². The first-order valence-corrected chi connectivity index (χ1v) is 0. The Balaban J connectivity index is -0.000000000333. The van der Waals surface area contributed by atoms with Gasteiger partial charge in [0, 0.05) is 1.43 Å². The molecule has 0 aliphatic rings. The van der Waals surface area contributed by atoms with Crippen LogP contribution in [0.2, 0.25) is 0 Å². The van der Waals surface area contributed by atoms with Gasteiger partial charge >= 0.3 is 0 Å². The van der Waals surface area contributed by atoms with E-state index in [4.69, 9.17) is 6.91 Å². The van der Waals surface area contributed by atoms with Gasteiger partial charge in [-0.05, 0) is 0 Å². The zero-order chi connectivity index (χ0) is 2.00. The molecule has 0 saturated heterocycles. The van der Waals surface area contributed by atoms with E-state index >= 15 is 0 Å². The van der Waals surface area contributed by atoms with E-state index in [1.54, 1.807) is 0 Å². The van der Waals surface area contributed by atoms with Crippen molar-refractivity contribution < 1.29 is 13.8 Å². The lowest BCUT2D eigenvalue weighted by atomic mass is 12.0. The van der Waals surface area contributed by atoms with Crippen LogP contribution in [0.5, 0.6) is 0 Å². The third-order valence-corrected chi connectivity index (χ3v) is 0. The minimum Gasteiger partial charge on any atom is -0.412 e. The second-order valence-corrected chi connectivity index (χ2v) is 0. The second kappa shape index (κ2) is 11800. The third-order valence-electron chi connectivity index (χ3n) is 0. The van der Waals surface area contributed by atoms with Crippen LogP contribution in [-0.2, 0) is 0 Å². The van der Waals surface area contributed by atoms with Crippen molar-refractivity contribution in [1.29, 1.82) is 0 Å². The summed E-state index contributed by atoms with van der Waals surface area (Å²) < 4.78 is 4.75. The molecule has 6 heavy (non-hydrogen) atoms. The van der Waals surface area contributed by atoms with Gasteiger partial charge in [0.05, 0.1) is 0 Å². The Hall–Kier alpha value is -0.0800. The molecule has 0 unspecified atom stereocenters. The molecule has 0 aliphatic heterocycles. The lowest BCUT2D eigenvalue weighted by Crippen LogP contribution is -0.290. The van der Waals surface area contributed by atoms with Crippen molar-refractivity contribution in [1.82, 2.24) is 0 Å². The van der Waals surface area contributed by atoms with Gasteiger partial charge < -0.3 is 11.0 Å². The summed E-state index contributed by atoms with van der Waals surface area (Å²) in [6.45, 7) is 0. The van der Waals surface area contributed by atoms with Gasteiger partial charge in [-0.2, -0.15) is 0 Å². The van der Waals surface area contributed by atoms with Gasteiger partial charge in [0.25, 0.3) is 0 Å². The van der Waals surface area contributed by atoms with Gasteiger partial charge in [-0.1, -0.05) is 29.7 Å². The predicted molar refractivity (Wildman–Crippen MR) is 36.3 cm³/mol. The fourth-order valence-corrected chi connectivity index (χ4v) is 0. The van der Waals surface area contributed by atoms with Crippen molar-refractivity contribution in [3.63, 3.8) is 0 Å². The number of hydrogen-bond donors (Lipinski definition) is 0. The van der Waals surface area contributed by atoms with E-state index in [0.717, 1.165) is 0 Å². The van der Waals surface area contributed by atoms with Crippen molar-refractivity contribution in [2.75, 3.05) is 0 Å². The van der Waals surface area contributed by atoms with Crippen LogP contribution in [0.3, 0.4) is 0 Å². The average Bonchev–Trinajstić information content (AvgIpc) is 1.00. The maximum Gasteiger partial charge on any atom is 0.206 e. The zero-order valence-electron chi connectivity index (χ0n) is 1.95. The minimum atomic E-state index is 0. The summed E-state index contributed by atoms with van der Waals surface area (Å²) in [5.74, 6) is 0. The molecule has 0 radical (unpaired) electrons. The SMILES string of the molecule is C.C.C.C.O.[3HH].[3H]O. The lowest BCUT2D eigenvalue weighted by molar-refractivity contribution is 0.823. The monoisotopic (exact) mass is 106 g/mol. The van der Waals surface area contributed by atoms with Gasteiger partial charge in [-0.25, -0.2) is 0 Å². The van der Waals surface area contributed by atoms with Crippen LogP contribution in [0.4, 0.5) is 0 Å². The summed E-state index contributed by atoms with van der Waals surface area (Å²) in [5.41, 5.74) is 6.25. The Morgan fingerprint density at radius 2 is 0.833 bits per heavy atom. The molecule has 2 heteroatoms. The van der Waals surface area contributed by atoms with Crippen LogP contribution < -0.4 is 0 Å². The summed E-state index contributed by atoms with van der Waals surface area (Å²) in [7, 11) is 0. The smallest absolute Gasteiger partial charge is 0.206 e. The molecule has 50 valence electrons. The molecule has 0 spiro atoms. The van der Waals surface area contributed by atoms with E-state index in [1.165, 1.54) is 0 Å². The maximum atomic E-state index is 6.25. The van der Waals surface area contributed by atoms with Crippen molar-refractivity contribution in [2.24, 2.45) is 0 Å². The summed E-state index contributed by atoms with van der Waals surface area (Å²) in [5, 5.41) is 0. The fourth-order valence-electron chi connectivity index (χ4n) is 0. The molecule has 0 aromatic rings. The first-order chi connectivity index (χ1) is 1.00. The standard InChI is InChI=1S/4CH4.2H2O.H2/h4*1H4;2*1H2;1H/i;;;;;;1+2/hT. The maximum absolute atomic E-state index is 6.25. The van der Waals surface area contributed by atoms with Crippen LogP contribution >= 0.6 is 0 Å². The summed E-state index contributed by atoms with van der Waals surface area (Å²) in [4.78, 5) is 0. The summed E-state index contributed by atoms with van der Waals surface area (Å²) in [6.07, 6.45) is 0. The Kier molecular flexibility index (Phi) is 333000. The molecule has 0 saturated carbocycles. The molecular weight excluding hydrogens is 80.0 g/mol. The van der Waals surface area contributed by atoms with Gasteiger partial charge in [0.15, 0.2) is 0 Å². The van der Waals surface area contributed by atoms with Crippen LogP contribution in [0, 0.1) is 0 Å². The molecular formula is C4H22O2. The van der Waals surface area contributed by atoms with E-state index in [-0.39, 0.29) is 36.6 Å². The summed E-state index contributed by atoms with van der Waals surface area (Å²) in [6, 6.07) is 0. The highest BCUT2D eigenvalue weighted by atomic mass is 16.0.